The molecule has 0 saturated carbocycles. The van der Waals surface area contributed by atoms with E-state index in [0.717, 1.165) is 92.2 Å². The van der Waals surface area contributed by atoms with E-state index in [0.29, 0.717) is 12.1 Å². The number of carboxylic acid groups (broad SMARTS) is 1. The van der Waals surface area contributed by atoms with Gasteiger partial charge in [-0.2, -0.15) is 0 Å². The number of phenols is 2. The van der Waals surface area contributed by atoms with Crippen molar-refractivity contribution in [3.05, 3.63) is 71.8 Å². The first-order valence-corrected chi connectivity index (χ1v) is 22.7. The summed E-state index contributed by atoms with van der Waals surface area (Å²) in [6.07, 6.45) is 26.2. The molecule has 4 bridgehead atoms. The van der Waals surface area contributed by atoms with Crippen LogP contribution < -0.4 is 0 Å². The molecule has 2 aromatic carbocycles. The number of ether oxygens (including phenoxy) is 1. The van der Waals surface area contributed by atoms with Gasteiger partial charge in [0.1, 0.15) is 17.6 Å². The largest absolute Gasteiger partial charge is 0.508 e. The molecule has 10 atom stereocenters. The summed E-state index contributed by atoms with van der Waals surface area (Å²) < 4.78 is 5.80. The minimum absolute atomic E-state index is 0.0257. The Hall–Kier alpha value is -3.74. The molecular formula is C48H66N4O7. The van der Waals surface area contributed by atoms with Gasteiger partial charge in [0.15, 0.2) is 0 Å². The van der Waals surface area contributed by atoms with Crippen LogP contribution in [0.2, 0.25) is 0 Å². The Labute approximate surface area is 350 Å². The summed E-state index contributed by atoms with van der Waals surface area (Å²) in [4.78, 5) is 33.6. The Balaban J connectivity index is 0.000000137. The first-order valence-electron chi connectivity index (χ1n) is 22.7. The van der Waals surface area contributed by atoms with Gasteiger partial charge < -0.3 is 25.2 Å². The number of aliphatic hydroxyl groups excluding tert-OH is 1. The van der Waals surface area contributed by atoms with E-state index in [4.69, 9.17) is 14.9 Å². The van der Waals surface area contributed by atoms with Crippen molar-refractivity contribution in [2.45, 2.75) is 163 Å². The van der Waals surface area contributed by atoms with Crippen LogP contribution in [0.1, 0.15) is 114 Å². The molecule has 8 aliphatic rings. The second-order valence-corrected chi connectivity index (χ2v) is 18.5. The molecule has 11 heteroatoms. The molecule has 8 saturated heterocycles. The van der Waals surface area contributed by atoms with E-state index in [1.807, 2.05) is 0 Å². The number of aromatic hydroxyl groups is 2. The van der Waals surface area contributed by atoms with Crippen molar-refractivity contribution in [3.63, 3.8) is 0 Å². The maximum Gasteiger partial charge on any atom is 0.331 e. The molecule has 2 aromatic rings. The van der Waals surface area contributed by atoms with Crippen molar-refractivity contribution in [2.75, 3.05) is 26.2 Å². The quantitative estimate of drug-likeness (QED) is 0.191. The summed E-state index contributed by atoms with van der Waals surface area (Å²) in [5.74, 6) is -0.848. The van der Waals surface area contributed by atoms with E-state index in [1.54, 1.807) is 42.5 Å². The van der Waals surface area contributed by atoms with Crippen LogP contribution in [0.3, 0.4) is 0 Å². The lowest BCUT2D eigenvalue weighted by Crippen LogP contribution is -2.65. The highest BCUT2D eigenvalue weighted by Gasteiger charge is 2.48. The third-order valence-electron chi connectivity index (χ3n) is 14.8. The van der Waals surface area contributed by atoms with Crippen molar-refractivity contribution in [1.82, 2.24) is 19.6 Å². The molecule has 0 spiro atoms. The van der Waals surface area contributed by atoms with Gasteiger partial charge in [0, 0.05) is 80.0 Å². The second kappa shape index (κ2) is 19.3. The number of aliphatic hydroxyl groups is 1. The lowest BCUT2D eigenvalue weighted by Gasteiger charge is -2.58. The van der Waals surface area contributed by atoms with E-state index in [2.05, 4.69) is 19.6 Å². The Morgan fingerprint density at radius 3 is 1.44 bits per heavy atom. The number of hydrogen-bond acceptors (Lipinski definition) is 10. The molecule has 2 unspecified atom stereocenters. The predicted molar refractivity (Wildman–Crippen MR) is 229 cm³/mol. The Kier molecular flexibility index (Phi) is 13.7. The second-order valence-electron chi connectivity index (χ2n) is 18.5. The van der Waals surface area contributed by atoms with Gasteiger partial charge >= 0.3 is 11.9 Å². The number of carboxylic acids is 1. The molecule has 11 nitrogen and oxygen atoms in total. The fraction of sp³-hybridized carbons (Fsp3) is 0.625. The molecule has 10 rings (SSSR count). The van der Waals surface area contributed by atoms with Crippen LogP contribution in [0, 0.1) is 0 Å². The Bertz CT molecular complexity index is 1770. The van der Waals surface area contributed by atoms with Crippen LogP contribution in [-0.4, -0.2) is 139 Å². The number of rotatable bonds is 5. The summed E-state index contributed by atoms with van der Waals surface area (Å²) in [5.41, 5.74) is 1.63. The standard InChI is InChI=1S/C24H32N2O3.C15H26N2O.C9H8O3/c27-22-7-4-17(5-8-22)6-9-24(28)29-23-10-12-26-19-13-18-3-1-2-11-25(18)20(14-19)15-21(26)16-23;18-15-4-6-17-12-7-11-3-1-2-5-16(11)13(8-12)9-14(17)10-15;10-8-4-1-7(2-5-8)3-6-9(11)12/h4-9,18-21,23,27H,1-3,10-16H2;11-15,18H,1-10H2;1-6,10H,(H,11,12)/b9-6-;;6-3+/t18-,19+,20+,21-,23?;11-,12+,13+,14-,15?;/m11./s1. The van der Waals surface area contributed by atoms with E-state index in [9.17, 15) is 19.8 Å². The highest BCUT2D eigenvalue weighted by molar-refractivity contribution is 5.87. The molecule has 320 valence electrons. The van der Waals surface area contributed by atoms with Gasteiger partial charge in [0.05, 0.1) is 6.10 Å². The lowest BCUT2D eigenvalue weighted by molar-refractivity contribution is -0.150. The summed E-state index contributed by atoms with van der Waals surface area (Å²) in [5, 5.41) is 36.4. The van der Waals surface area contributed by atoms with Gasteiger partial charge in [-0.25, -0.2) is 9.59 Å². The normalized spacial score (nSPS) is 34.5. The highest BCUT2D eigenvalue weighted by atomic mass is 16.5. The van der Waals surface area contributed by atoms with Gasteiger partial charge in [-0.05, 0) is 144 Å². The number of fused-ring (bicyclic) bond motifs is 12. The molecule has 8 heterocycles. The minimum atomic E-state index is -0.983. The number of esters is 1. The number of aliphatic carboxylic acids is 1. The van der Waals surface area contributed by atoms with Crippen LogP contribution in [0.25, 0.3) is 12.2 Å². The summed E-state index contributed by atoms with van der Waals surface area (Å²) in [6.45, 7) is 4.84. The maximum atomic E-state index is 12.3. The summed E-state index contributed by atoms with van der Waals surface area (Å²) >= 11 is 0. The molecule has 0 amide bonds. The average Bonchev–Trinajstić information content (AvgIpc) is 3.24. The Morgan fingerprint density at radius 1 is 0.508 bits per heavy atom. The maximum absolute atomic E-state index is 12.3. The number of carbonyl (C=O) groups is 2. The molecule has 0 aromatic heterocycles. The van der Waals surface area contributed by atoms with E-state index in [-0.39, 0.29) is 29.7 Å². The van der Waals surface area contributed by atoms with E-state index in [1.165, 1.54) is 114 Å². The molecule has 8 aliphatic heterocycles. The van der Waals surface area contributed by atoms with Gasteiger partial charge in [-0.3, -0.25) is 19.6 Å². The first-order chi connectivity index (χ1) is 28.6. The monoisotopic (exact) mass is 810 g/mol. The molecule has 8 fully saturated rings. The van der Waals surface area contributed by atoms with Crippen LogP contribution >= 0.6 is 0 Å². The summed E-state index contributed by atoms with van der Waals surface area (Å²) in [6, 6.07) is 19.2. The number of hydrogen-bond donors (Lipinski definition) is 4. The molecule has 4 N–H and O–H groups in total. The van der Waals surface area contributed by atoms with Crippen molar-refractivity contribution < 1.29 is 34.8 Å². The van der Waals surface area contributed by atoms with Crippen molar-refractivity contribution in [3.8, 4) is 11.5 Å². The van der Waals surface area contributed by atoms with Crippen LogP contribution in [-0.2, 0) is 14.3 Å². The SMILES string of the molecule is O=C(/C=C\c1ccc(O)cc1)OC1CCN2[C@@H]3C[C@@H](C[C@@H]2C1)N1CCCC[C@@H]1C3.O=C(O)/C=C/c1ccc(O)cc1.OC1CCN2[C@@H]3C[C@@H](C[C@@H]2C1)N1CCCC[C@@H]1C3. The van der Waals surface area contributed by atoms with E-state index >= 15 is 0 Å². The number of benzene rings is 2. The fourth-order valence-electron chi connectivity index (χ4n) is 12.2. The fourth-order valence-corrected chi connectivity index (χ4v) is 12.2. The van der Waals surface area contributed by atoms with Gasteiger partial charge in [-0.1, -0.05) is 37.1 Å². The number of phenolic OH excluding ortho intramolecular Hbond substituents is 2. The zero-order valence-electron chi connectivity index (χ0n) is 34.6. The number of carbonyl (C=O) groups excluding carboxylic acids is 1. The van der Waals surface area contributed by atoms with Crippen LogP contribution in [0.4, 0.5) is 0 Å². The highest BCUT2D eigenvalue weighted by Crippen LogP contribution is 2.43. The minimum Gasteiger partial charge on any atom is -0.508 e. The molecule has 59 heavy (non-hydrogen) atoms. The predicted octanol–water partition coefficient (Wildman–Crippen LogP) is 6.66. The Morgan fingerprint density at radius 2 is 0.932 bits per heavy atom. The van der Waals surface area contributed by atoms with Crippen molar-refractivity contribution in [1.29, 1.82) is 0 Å². The van der Waals surface area contributed by atoms with E-state index < -0.39 is 5.97 Å². The van der Waals surface area contributed by atoms with Crippen molar-refractivity contribution >= 4 is 24.1 Å². The van der Waals surface area contributed by atoms with Crippen LogP contribution in [0.15, 0.2) is 60.7 Å². The molecular weight excluding hydrogens is 745 g/mol. The third-order valence-corrected chi connectivity index (χ3v) is 14.8. The van der Waals surface area contributed by atoms with Crippen LogP contribution in [0.5, 0.6) is 11.5 Å². The van der Waals surface area contributed by atoms with Crippen molar-refractivity contribution in [2.24, 2.45) is 0 Å². The third kappa shape index (κ3) is 10.6. The zero-order valence-corrected chi connectivity index (χ0v) is 34.6. The van der Waals surface area contributed by atoms with Gasteiger partial charge in [0.2, 0.25) is 0 Å². The van der Waals surface area contributed by atoms with Gasteiger partial charge in [0.25, 0.3) is 0 Å². The smallest absolute Gasteiger partial charge is 0.331 e. The number of piperidine rings is 8. The topological polar surface area (TPSA) is 137 Å². The molecule has 0 aliphatic carbocycles. The number of nitrogens with zero attached hydrogens (tertiary/aromatic N) is 4. The first kappa shape index (κ1) is 42.0. The zero-order chi connectivity index (χ0) is 40.9. The average molecular weight is 811 g/mol. The summed E-state index contributed by atoms with van der Waals surface area (Å²) in [7, 11) is 0. The van der Waals surface area contributed by atoms with Gasteiger partial charge in [-0.15, -0.1) is 0 Å². The lowest BCUT2D eigenvalue weighted by atomic mass is 9.76. The molecule has 0 radical (unpaired) electrons.